The molecule has 0 bridgehead atoms. The van der Waals surface area contributed by atoms with Crippen LogP contribution in [0.5, 0.6) is 0 Å². The molecular weight excluding hydrogens is 703 g/mol. The molecule has 266 valence electrons. The Bertz CT molecular complexity index is 3470. The van der Waals surface area contributed by atoms with Gasteiger partial charge in [0, 0.05) is 60.1 Å². The molecule has 4 heterocycles. The van der Waals surface area contributed by atoms with Gasteiger partial charge < -0.3 is 13.3 Å². The van der Waals surface area contributed by atoms with Crippen LogP contribution in [0.1, 0.15) is 0 Å². The van der Waals surface area contributed by atoms with Crippen molar-refractivity contribution in [1.29, 1.82) is 0 Å². The lowest BCUT2D eigenvalue weighted by atomic mass is 9.94. The lowest BCUT2D eigenvalue weighted by Gasteiger charge is -2.09. The smallest absolute Gasteiger partial charge is 0.164 e. The third kappa shape index (κ3) is 5.08. The quantitative estimate of drug-likeness (QED) is 0.175. The lowest BCUT2D eigenvalue weighted by Crippen LogP contribution is -2.00. The molecule has 0 atom stereocenters. The Kier molecular flexibility index (Phi) is 6.83. The van der Waals surface area contributed by atoms with Gasteiger partial charge in [-0.05, 0) is 59.7 Å². The second-order valence-electron chi connectivity index (χ2n) is 14.3. The number of nitrogens with zero attached hydrogens (tertiary/aromatic N) is 3. The van der Waals surface area contributed by atoms with Crippen molar-refractivity contribution in [2.75, 3.05) is 0 Å². The first-order valence-corrected chi connectivity index (χ1v) is 18.9. The van der Waals surface area contributed by atoms with Gasteiger partial charge in [-0.1, -0.05) is 127 Å². The molecule has 12 aromatic rings. The summed E-state index contributed by atoms with van der Waals surface area (Å²) in [5, 5.41) is 6.33. The number of furan rings is 3. The molecule has 0 aliphatic rings. The van der Waals surface area contributed by atoms with E-state index < -0.39 is 0 Å². The van der Waals surface area contributed by atoms with Gasteiger partial charge in [-0.3, -0.25) is 0 Å². The van der Waals surface area contributed by atoms with Crippen LogP contribution in [0.3, 0.4) is 0 Å². The third-order valence-corrected chi connectivity index (χ3v) is 10.9. The number of para-hydroxylation sites is 3. The van der Waals surface area contributed by atoms with Crippen LogP contribution in [-0.4, -0.2) is 15.0 Å². The monoisotopic (exact) mass is 731 g/mol. The summed E-state index contributed by atoms with van der Waals surface area (Å²) in [7, 11) is 0. The molecule has 4 aromatic heterocycles. The van der Waals surface area contributed by atoms with Crippen LogP contribution >= 0.6 is 0 Å². The van der Waals surface area contributed by atoms with Gasteiger partial charge in [0.25, 0.3) is 0 Å². The molecule has 0 saturated heterocycles. The Hall–Kier alpha value is -7.83. The minimum absolute atomic E-state index is 0.578. The first-order chi connectivity index (χ1) is 28.2. The molecule has 0 saturated carbocycles. The molecule has 0 N–H and O–H groups in total. The highest BCUT2D eigenvalue weighted by atomic mass is 16.3. The normalized spacial score (nSPS) is 11.9. The van der Waals surface area contributed by atoms with Crippen molar-refractivity contribution in [3.63, 3.8) is 0 Å². The molecule has 0 aliphatic heterocycles. The fourth-order valence-electron chi connectivity index (χ4n) is 8.19. The van der Waals surface area contributed by atoms with Crippen molar-refractivity contribution in [3.8, 4) is 56.4 Å². The number of hydrogen-bond acceptors (Lipinski definition) is 6. The van der Waals surface area contributed by atoms with E-state index in [1.807, 2.05) is 91.0 Å². The van der Waals surface area contributed by atoms with Gasteiger partial charge in [0.2, 0.25) is 0 Å². The molecule has 0 aliphatic carbocycles. The van der Waals surface area contributed by atoms with Crippen LogP contribution in [0.15, 0.2) is 189 Å². The highest BCUT2D eigenvalue weighted by Crippen LogP contribution is 2.44. The minimum Gasteiger partial charge on any atom is -0.456 e. The van der Waals surface area contributed by atoms with Crippen LogP contribution in [0.2, 0.25) is 0 Å². The van der Waals surface area contributed by atoms with Gasteiger partial charge >= 0.3 is 0 Å². The van der Waals surface area contributed by atoms with E-state index in [0.29, 0.717) is 17.5 Å². The Labute approximate surface area is 325 Å². The zero-order chi connectivity index (χ0) is 37.5. The molecule has 12 rings (SSSR count). The standard InChI is InChI=1S/C51H29N3O3/c1-3-12-30(13-4-1)49-52-50(31-14-5-2-6-15-31)54-51(53-49)33-22-24-38-41-26-32(23-25-45(41)55-46(38)29-33)40-27-34(28-42-37-17-8-10-21-44(37)57-48(40)42)35-18-11-19-39-36-16-7-9-20-43(36)56-47(35)39/h1-29H. The maximum Gasteiger partial charge on any atom is 0.164 e. The van der Waals surface area contributed by atoms with E-state index in [0.717, 1.165) is 105 Å². The van der Waals surface area contributed by atoms with Crippen LogP contribution in [-0.2, 0) is 0 Å². The Morgan fingerprint density at radius 3 is 1.49 bits per heavy atom. The number of aromatic nitrogens is 3. The highest BCUT2D eigenvalue weighted by Gasteiger charge is 2.20. The topological polar surface area (TPSA) is 78.1 Å². The fraction of sp³-hybridized carbons (Fsp3) is 0. The molecule has 57 heavy (non-hydrogen) atoms. The molecule has 0 radical (unpaired) electrons. The molecule has 0 spiro atoms. The average molecular weight is 732 g/mol. The summed E-state index contributed by atoms with van der Waals surface area (Å²) in [6, 6.07) is 59.8. The van der Waals surface area contributed by atoms with Crippen molar-refractivity contribution in [1.82, 2.24) is 15.0 Å². The predicted octanol–water partition coefficient (Wildman–Crippen LogP) is 13.9. The van der Waals surface area contributed by atoms with Gasteiger partial charge in [-0.15, -0.1) is 0 Å². The van der Waals surface area contributed by atoms with Gasteiger partial charge in [0.1, 0.15) is 33.5 Å². The maximum absolute atomic E-state index is 6.63. The molecule has 8 aromatic carbocycles. The second kappa shape index (κ2) is 12.3. The van der Waals surface area contributed by atoms with E-state index in [4.69, 9.17) is 28.2 Å². The minimum atomic E-state index is 0.578. The van der Waals surface area contributed by atoms with E-state index in [1.54, 1.807) is 0 Å². The van der Waals surface area contributed by atoms with Gasteiger partial charge in [-0.25, -0.2) is 15.0 Å². The van der Waals surface area contributed by atoms with Crippen molar-refractivity contribution < 1.29 is 13.3 Å². The zero-order valence-electron chi connectivity index (χ0n) is 30.3. The Morgan fingerprint density at radius 1 is 0.263 bits per heavy atom. The largest absolute Gasteiger partial charge is 0.456 e. The van der Waals surface area contributed by atoms with Crippen molar-refractivity contribution in [2.24, 2.45) is 0 Å². The van der Waals surface area contributed by atoms with Crippen molar-refractivity contribution in [2.45, 2.75) is 0 Å². The average Bonchev–Trinajstić information content (AvgIpc) is 3.97. The van der Waals surface area contributed by atoms with Crippen LogP contribution < -0.4 is 0 Å². The summed E-state index contributed by atoms with van der Waals surface area (Å²) in [5.41, 5.74) is 11.8. The molecule has 0 unspecified atom stereocenters. The van der Waals surface area contributed by atoms with E-state index in [-0.39, 0.29) is 0 Å². The van der Waals surface area contributed by atoms with Gasteiger partial charge in [0.15, 0.2) is 17.5 Å². The summed E-state index contributed by atoms with van der Waals surface area (Å²) < 4.78 is 19.7. The Balaban J connectivity index is 1.02. The van der Waals surface area contributed by atoms with E-state index in [2.05, 4.69) is 84.9 Å². The zero-order valence-corrected chi connectivity index (χ0v) is 30.3. The van der Waals surface area contributed by atoms with Crippen LogP contribution in [0.4, 0.5) is 0 Å². The second-order valence-corrected chi connectivity index (χ2v) is 14.3. The maximum atomic E-state index is 6.63. The number of rotatable bonds is 5. The summed E-state index contributed by atoms with van der Waals surface area (Å²) in [4.78, 5) is 14.8. The van der Waals surface area contributed by atoms with E-state index in [9.17, 15) is 0 Å². The number of fused-ring (bicyclic) bond motifs is 9. The van der Waals surface area contributed by atoms with Crippen molar-refractivity contribution in [3.05, 3.63) is 176 Å². The molecule has 6 nitrogen and oxygen atoms in total. The first kappa shape index (κ1) is 31.5. The molecule has 0 amide bonds. The molecular formula is C51H29N3O3. The van der Waals surface area contributed by atoms with E-state index in [1.165, 1.54) is 0 Å². The Morgan fingerprint density at radius 2 is 0.789 bits per heavy atom. The van der Waals surface area contributed by atoms with Gasteiger partial charge in [-0.2, -0.15) is 0 Å². The molecule has 0 fully saturated rings. The van der Waals surface area contributed by atoms with Crippen LogP contribution in [0.25, 0.3) is 122 Å². The third-order valence-electron chi connectivity index (χ3n) is 10.9. The lowest BCUT2D eigenvalue weighted by molar-refractivity contribution is 0.668. The van der Waals surface area contributed by atoms with Crippen LogP contribution in [0, 0.1) is 0 Å². The fourth-order valence-corrected chi connectivity index (χ4v) is 8.19. The highest BCUT2D eigenvalue weighted by molar-refractivity contribution is 6.15. The van der Waals surface area contributed by atoms with E-state index >= 15 is 0 Å². The first-order valence-electron chi connectivity index (χ1n) is 18.9. The number of hydrogen-bond donors (Lipinski definition) is 0. The molecule has 6 heteroatoms. The SMILES string of the molecule is c1ccc(-c2nc(-c3ccccc3)nc(-c3ccc4c(c3)oc3ccc(-c5cc(-c6cccc7c6oc6ccccc67)cc6c5oc5ccccc56)cc34)n2)cc1. The van der Waals surface area contributed by atoms with Gasteiger partial charge in [0.05, 0.1) is 0 Å². The van der Waals surface area contributed by atoms with Crippen molar-refractivity contribution >= 4 is 65.8 Å². The predicted molar refractivity (Wildman–Crippen MR) is 229 cm³/mol. The summed E-state index contributed by atoms with van der Waals surface area (Å²) in [6.07, 6.45) is 0. The summed E-state index contributed by atoms with van der Waals surface area (Å²) in [5.74, 6) is 1.81. The summed E-state index contributed by atoms with van der Waals surface area (Å²) >= 11 is 0. The summed E-state index contributed by atoms with van der Waals surface area (Å²) in [6.45, 7) is 0. The number of benzene rings is 8.